The third-order valence-corrected chi connectivity index (χ3v) is 5.95. The van der Waals surface area contributed by atoms with Gasteiger partial charge in [-0.1, -0.05) is 18.2 Å². The summed E-state index contributed by atoms with van der Waals surface area (Å²) in [6, 6.07) is 12.3. The third-order valence-electron chi connectivity index (χ3n) is 4.86. The fourth-order valence-corrected chi connectivity index (χ4v) is 3.92. The van der Waals surface area contributed by atoms with Crippen LogP contribution in [0.1, 0.15) is 10.4 Å². The Morgan fingerprint density at radius 1 is 1.06 bits per heavy atom. The molecule has 2 aromatic rings. The summed E-state index contributed by atoms with van der Waals surface area (Å²) < 4.78 is 23.7. The van der Waals surface area contributed by atoms with Gasteiger partial charge in [-0.2, -0.15) is 0 Å². The quantitative estimate of drug-likeness (QED) is 0.524. The van der Waals surface area contributed by atoms with Crippen molar-refractivity contribution in [1.29, 1.82) is 0 Å². The smallest absolute Gasteiger partial charge is 0.271 e. The SMILES string of the molecule is CS(=O)(=O)c1cc(C(=O)N2CCN(CC(=O)Nc3ccccc3)CC2)cc([N+](=O)[O-])c1. The molecule has 0 unspecified atom stereocenters. The van der Waals surface area contributed by atoms with Gasteiger partial charge in [-0.25, -0.2) is 8.42 Å². The Morgan fingerprint density at radius 3 is 2.29 bits per heavy atom. The van der Waals surface area contributed by atoms with E-state index in [1.165, 1.54) is 4.90 Å². The van der Waals surface area contributed by atoms with Gasteiger partial charge in [-0.3, -0.25) is 24.6 Å². The van der Waals surface area contributed by atoms with Gasteiger partial charge in [0.2, 0.25) is 5.91 Å². The summed E-state index contributed by atoms with van der Waals surface area (Å²) in [7, 11) is -3.72. The Balaban J connectivity index is 1.63. The average molecular weight is 446 g/mol. The Morgan fingerprint density at radius 2 is 1.71 bits per heavy atom. The number of nitrogens with zero attached hydrogens (tertiary/aromatic N) is 3. The summed E-state index contributed by atoms with van der Waals surface area (Å²) in [6.07, 6.45) is 0.930. The Kier molecular flexibility index (Phi) is 6.66. The molecule has 0 spiro atoms. The van der Waals surface area contributed by atoms with Gasteiger partial charge < -0.3 is 10.2 Å². The third kappa shape index (κ3) is 5.86. The van der Waals surface area contributed by atoms with Crippen molar-refractivity contribution in [3.63, 3.8) is 0 Å². The number of non-ortho nitro benzene ring substituents is 1. The van der Waals surface area contributed by atoms with Gasteiger partial charge in [0, 0.05) is 55.8 Å². The Hall–Kier alpha value is -3.31. The number of nitrogens with one attached hydrogen (secondary N) is 1. The van der Waals surface area contributed by atoms with Crippen LogP contribution in [0.3, 0.4) is 0 Å². The van der Waals surface area contributed by atoms with Crippen molar-refractivity contribution in [1.82, 2.24) is 9.80 Å². The first-order valence-corrected chi connectivity index (χ1v) is 11.4. The van der Waals surface area contributed by atoms with E-state index in [1.807, 2.05) is 23.1 Å². The van der Waals surface area contributed by atoms with Crippen LogP contribution in [0.4, 0.5) is 11.4 Å². The lowest BCUT2D eigenvalue weighted by Crippen LogP contribution is -2.50. The second kappa shape index (κ2) is 9.23. The van der Waals surface area contributed by atoms with E-state index in [1.54, 1.807) is 12.1 Å². The van der Waals surface area contributed by atoms with E-state index >= 15 is 0 Å². The van der Waals surface area contributed by atoms with Gasteiger partial charge in [0.25, 0.3) is 11.6 Å². The minimum atomic E-state index is -3.72. The van der Waals surface area contributed by atoms with E-state index in [0.717, 1.165) is 24.5 Å². The number of carbonyl (C=O) groups is 2. The van der Waals surface area contributed by atoms with Crippen LogP contribution < -0.4 is 5.32 Å². The number of amides is 2. The number of nitro groups is 1. The molecule has 164 valence electrons. The van der Waals surface area contributed by atoms with Gasteiger partial charge in [0.05, 0.1) is 16.4 Å². The number of sulfone groups is 1. The summed E-state index contributed by atoms with van der Waals surface area (Å²) in [5.41, 5.74) is 0.195. The molecule has 1 N–H and O–H groups in total. The molecule has 2 amide bonds. The van der Waals surface area contributed by atoms with E-state index in [9.17, 15) is 28.1 Å². The second-order valence-electron chi connectivity index (χ2n) is 7.23. The van der Waals surface area contributed by atoms with E-state index in [2.05, 4.69) is 5.32 Å². The number of rotatable bonds is 6. The molecule has 0 atom stereocenters. The largest absolute Gasteiger partial charge is 0.336 e. The van der Waals surface area contributed by atoms with Crippen LogP contribution in [0.25, 0.3) is 0 Å². The number of nitro benzene ring substituents is 1. The van der Waals surface area contributed by atoms with Gasteiger partial charge in [0.1, 0.15) is 0 Å². The van der Waals surface area contributed by atoms with Crippen molar-refractivity contribution >= 4 is 33.0 Å². The first kappa shape index (κ1) is 22.4. The molecule has 0 aliphatic carbocycles. The Bertz CT molecular complexity index is 1100. The van der Waals surface area contributed by atoms with Crippen LogP contribution in [0, 0.1) is 10.1 Å². The molecule has 1 heterocycles. The molecule has 0 bridgehead atoms. The number of para-hydroxylation sites is 1. The predicted molar refractivity (Wildman–Crippen MR) is 114 cm³/mol. The number of anilines is 1. The Labute approximate surface area is 179 Å². The van der Waals surface area contributed by atoms with E-state index < -0.39 is 26.4 Å². The van der Waals surface area contributed by atoms with Gasteiger partial charge in [-0.05, 0) is 18.2 Å². The van der Waals surface area contributed by atoms with Gasteiger partial charge in [-0.15, -0.1) is 0 Å². The molecular weight excluding hydrogens is 424 g/mol. The van der Waals surface area contributed by atoms with E-state index in [4.69, 9.17) is 0 Å². The highest BCUT2D eigenvalue weighted by atomic mass is 32.2. The lowest BCUT2D eigenvalue weighted by molar-refractivity contribution is -0.385. The fraction of sp³-hybridized carbons (Fsp3) is 0.300. The number of benzene rings is 2. The number of piperazine rings is 1. The van der Waals surface area contributed by atoms with Crippen molar-refractivity contribution in [2.24, 2.45) is 0 Å². The maximum Gasteiger partial charge on any atom is 0.271 e. The first-order valence-electron chi connectivity index (χ1n) is 9.49. The molecule has 1 aliphatic rings. The maximum absolute atomic E-state index is 12.8. The number of hydrogen-bond acceptors (Lipinski definition) is 7. The monoisotopic (exact) mass is 446 g/mol. The molecule has 1 fully saturated rings. The minimum absolute atomic E-state index is 0.0510. The highest BCUT2D eigenvalue weighted by Gasteiger charge is 2.26. The number of hydrogen-bond donors (Lipinski definition) is 1. The summed E-state index contributed by atoms with van der Waals surface area (Å²) in [4.78, 5) is 38.6. The summed E-state index contributed by atoms with van der Waals surface area (Å²) in [5.74, 6) is -0.649. The summed E-state index contributed by atoms with van der Waals surface area (Å²) in [6.45, 7) is 1.69. The van der Waals surface area contributed by atoms with Crippen LogP contribution in [-0.4, -0.2) is 73.9 Å². The van der Waals surface area contributed by atoms with Crippen molar-refractivity contribution in [2.45, 2.75) is 4.90 Å². The second-order valence-corrected chi connectivity index (χ2v) is 9.24. The number of carbonyl (C=O) groups excluding carboxylic acids is 2. The fourth-order valence-electron chi connectivity index (χ4n) is 3.24. The highest BCUT2D eigenvalue weighted by Crippen LogP contribution is 2.22. The minimum Gasteiger partial charge on any atom is -0.336 e. The zero-order chi connectivity index (χ0) is 22.6. The lowest BCUT2D eigenvalue weighted by Gasteiger charge is -2.34. The van der Waals surface area contributed by atoms with E-state index in [-0.39, 0.29) is 22.9 Å². The average Bonchev–Trinajstić information content (AvgIpc) is 2.73. The molecule has 31 heavy (non-hydrogen) atoms. The van der Waals surface area contributed by atoms with Crippen LogP contribution in [0.2, 0.25) is 0 Å². The van der Waals surface area contributed by atoms with Crippen molar-refractivity contribution in [3.8, 4) is 0 Å². The molecule has 1 saturated heterocycles. The van der Waals surface area contributed by atoms with Crippen molar-refractivity contribution < 1.29 is 22.9 Å². The predicted octanol–water partition coefficient (Wildman–Crippen LogP) is 1.39. The summed E-state index contributed by atoms with van der Waals surface area (Å²) >= 11 is 0. The van der Waals surface area contributed by atoms with Crippen LogP contribution >= 0.6 is 0 Å². The van der Waals surface area contributed by atoms with Gasteiger partial charge >= 0.3 is 0 Å². The molecule has 0 radical (unpaired) electrons. The van der Waals surface area contributed by atoms with Crippen LogP contribution in [-0.2, 0) is 14.6 Å². The molecule has 0 saturated carbocycles. The molecule has 0 aromatic heterocycles. The molecule has 1 aliphatic heterocycles. The molecule has 11 heteroatoms. The maximum atomic E-state index is 12.8. The summed E-state index contributed by atoms with van der Waals surface area (Å²) in [5, 5.41) is 14.0. The molecular formula is C20H22N4O6S. The zero-order valence-corrected chi connectivity index (χ0v) is 17.7. The standard InChI is InChI=1S/C20H22N4O6S/c1-31(29,30)18-12-15(11-17(13-18)24(27)28)20(26)23-9-7-22(8-10-23)14-19(25)21-16-5-3-2-4-6-16/h2-6,11-13H,7-10,14H2,1H3,(H,21,25). The molecule has 10 nitrogen and oxygen atoms in total. The molecule has 3 rings (SSSR count). The van der Waals surface area contributed by atoms with E-state index in [0.29, 0.717) is 31.9 Å². The van der Waals surface area contributed by atoms with Crippen molar-refractivity contribution in [2.75, 3.05) is 44.3 Å². The lowest BCUT2D eigenvalue weighted by atomic mass is 10.1. The zero-order valence-electron chi connectivity index (χ0n) is 16.9. The van der Waals surface area contributed by atoms with Crippen LogP contribution in [0.15, 0.2) is 53.4 Å². The van der Waals surface area contributed by atoms with Crippen molar-refractivity contribution in [3.05, 3.63) is 64.2 Å². The normalized spacial score (nSPS) is 14.8. The topological polar surface area (TPSA) is 130 Å². The highest BCUT2D eigenvalue weighted by molar-refractivity contribution is 7.90. The molecule has 2 aromatic carbocycles. The van der Waals surface area contributed by atoms with Gasteiger partial charge in [0.15, 0.2) is 9.84 Å². The van der Waals surface area contributed by atoms with Crippen LogP contribution in [0.5, 0.6) is 0 Å². The first-order chi connectivity index (χ1) is 14.6.